The molecule has 9 heteroatoms. The van der Waals surface area contributed by atoms with Crippen LogP contribution in [0, 0.1) is 0 Å². The maximum absolute atomic E-state index is 12.5. The number of aryl methyl sites for hydroxylation is 1. The number of nitrogens with two attached hydrogens (primary N) is 1. The molecule has 2 aromatic rings. The highest BCUT2D eigenvalue weighted by Gasteiger charge is 2.16. The van der Waals surface area contributed by atoms with Gasteiger partial charge in [0.2, 0.25) is 11.8 Å². The van der Waals surface area contributed by atoms with Gasteiger partial charge in [0.25, 0.3) is 0 Å². The van der Waals surface area contributed by atoms with Crippen molar-refractivity contribution in [2.45, 2.75) is 38.0 Å². The Morgan fingerprint density at radius 3 is 2.39 bits per heavy atom. The van der Waals surface area contributed by atoms with Crippen molar-refractivity contribution in [1.29, 1.82) is 0 Å². The molecule has 1 aromatic carbocycles. The van der Waals surface area contributed by atoms with Crippen LogP contribution in [-0.2, 0) is 29.1 Å². The monoisotopic (exact) mass is 404 g/mol. The number of hydrogen-bond donors (Lipinski definition) is 1. The Bertz CT molecular complexity index is 803. The molecule has 1 aromatic heterocycles. The lowest BCUT2D eigenvalue weighted by Gasteiger charge is -2.18. The Morgan fingerprint density at radius 1 is 1.14 bits per heavy atom. The maximum atomic E-state index is 12.5. The van der Waals surface area contributed by atoms with Crippen molar-refractivity contribution in [3.63, 3.8) is 0 Å². The Hall–Kier alpha value is -2.55. The van der Waals surface area contributed by atoms with Crippen molar-refractivity contribution < 1.29 is 9.59 Å². The topological polar surface area (TPSA) is 97.3 Å². The van der Waals surface area contributed by atoms with E-state index in [-0.39, 0.29) is 24.0 Å². The zero-order valence-electron chi connectivity index (χ0n) is 16.9. The van der Waals surface area contributed by atoms with Crippen LogP contribution in [0.5, 0.6) is 0 Å². The first kappa shape index (κ1) is 21.7. The van der Waals surface area contributed by atoms with Gasteiger partial charge in [-0.2, -0.15) is 0 Å². The number of nitrogens with zero attached hydrogens (tertiary/aromatic N) is 5. The molecule has 152 valence electrons. The second-order valence-corrected chi connectivity index (χ2v) is 7.65. The molecule has 0 aliphatic heterocycles. The Labute approximate surface area is 170 Å². The fourth-order valence-electron chi connectivity index (χ4n) is 2.66. The normalized spacial score (nSPS) is 10.7. The second-order valence-electron chi connectivity index (χ2n) is 6.71. The van der Waals surface area contributed by atoms with E-state index in [1.807, 2.05) is 54.8 Å². The second kappa shape index (κ2) is 10.1. The number of thioether (sulfide) groups is 1. The fraction of sp³-hybridized carbons (Fsp3) is 0.474. The molecule has 1 heterocycles. The molecule has 0 unspecified atom stereocenters. The van der Waals surface area contributed by atoms with Crippen LogP contribution in [0.15, 0.2) is 29.4 Å². The molecule has 8 nitrogen and oxygen atoms in total. The van der Waals surface area contributed by atoms with Gasteiger partial charge in [-0.15, -0.1) is 10.2 Å². The van der Waals surface area contributed by atoms with Crippen molar-refractivity contribution in [3.8, 4) is 0 Å². The minimum Gasteiger partial charge on any atom is -0.378 e. The van der Waals surface area contributed by atoms with Gasteiger partial charge in [-0.05, 0) is 24.6 Å². The molecule has 0 fully saturated rings. The van der Waals surface area contributed by atoms with Gasteiger partial charge in [0.1, 0.15) is 5.82 Å². The van der Waals surface area contributed by atoms with E-state index < -0.39 is 0 Å². The molecule has 28 heavy (non-hydrogen) atoms. The summed E-state index contributed by atoms with van der Waals surface area (Å²) in [6.07, 6.45) is 0.685. The SMILES string of the molecule is CCn1c(CCC(N)=O)nnc1SCC(=O)N(C)Cc1ccc(N(C)C)cc1. The summed E-state index contributed by atoms with van der Waals surface area (Å²) >= 11 is 1.36. The maximum Gasteiger partial charge on any atom is 0.233 e. The van der Waals surface area contributed by atoms with Gasteiger partial charge in [-0.25, -0.2) is 0 Å². The summed E-state index contributed by atoms with van der Waals surface area (Å²) in [5, 5.41) is 8.96. The van der Waals surface area contributed by atoms with Crippen LogP contribution in [0.4, 0.5) is 5.69 Å². The summed E-state index contributed by atoms with van der Waals surface area (Å²) in [6.45, 7) is 3.20. The van der Waals surface area contributed by atoms with Crippen molar-refractivity contribution in [2.75, 3.05) is 31.8 Å². The first-order chi connectivity index (χ1) is 13.3. The highest BCUT2D eigenvalue weighted by Crippen LogP contribution is 2.19. The van der Waals surface area contributed by atoms with Gasteiger partial charge in [0, 0.05) is 52.8 Å². The van der Waals surface area contributed by atoms with E-state index in [0.717, 1.165) is 11.3 Å². The molecule has 2 rings (SSSR count). The minimum atomic E-state index is -0.365. The lowest BCUT2D eigenvalue weighted by molar-refractivity contribution is -0.127. The number of carbonyl (C=O) groups is 2. The van der Waals surface area contributed by atoms with E-state index in [4.69, 9.17) is 5.73 Å². The third kappa shape index (κ3) is 5.98. The summed E-state index contributed by atoms with van der Waals surface area (Å²) in [5.41, 5.74) is 7.41. The molecule has 0 aliphatic carbocycles. The summed E-state index contributed by atoms with van der Waals surface area (Å²) in [4.78, 5) is 27.2. The standard InChI is InChI=1S/C19H28N6O2S/c1-5-25-17(11-10-16(20)26)21-22-19(25)28-13-18(27)24(4)12-14-6-8-15(9-7-14)23(2)3/h6-9H,5,10-13H2,1-4H3,(H2,20,26). The number of benzene rings is 1. The van der Waals surface area contributed by atoms with Crippen LogP contribution in [0.1, 0.15) is 24.7 Å². The first-order valence-electron chi connectivity index (χ1n) is 9.15. The summed E-state index contributed by atoms with van der Waals surface area (Å²) in [6, 6.07) is 8.15. The van der Waals surface area contributed by atoms with E-state index >= 15 is 0 Å². The van der Waals surface area contributed by atoms with Crippen LogP contribution < -0.4 is 10.6 Å². The van der Waals surface area contributed by atoms with Gasteiger partial charge in [-0.3, -0.25) is 9.59 Å². The average molecular weight is 405 g/mol. The lowest BCUT2D eigenvalue weighted by Crippen LogP contribution is -2.28. The molecule has 2 N–H and O–H groups in total. The summed E-state index contributed by atoms with van der Waals surface area (Å²) < 4.78 is 1.92. The highest BCUT2D eigenvalue weighted by atomic mass is 32.2. The van der Waals surface area contributed by atoms with Gasteiger partial charge in [0.15, 0.2) is 5.16 Å². The van der Waals surface area contributed by atoms with E-state index in [1.165, 1.54) is 11.8 Å². The van der Waals surface area contributed by atoms with E-state index in [0.29, 0.717) is 30.5 Å². The lowest BCUT2D eigenvalue weighted by atomic mass is 10.2. The Morgan fingerprint density at radius 2 is 1.82 bits per heavy atom. The van der Waals surface area contributed by atoms with Crippen LogP contribution in [0.3, 0.4) is 0 Å². The van der Waals surface area contributed by atoms with Gasteiger partial charge >= 0.3 is 0 Å². The van der Waals surface area contributed by atoms with Crippen molar-refractivity contribution >= 4 is 29.3 Å². The molecular weight excluding hydrogens is 376 g/mol. The van der Waals surface area contributed by atoms with E-state index in [2.05, 4.69) is 10.2 Å². The first-order valence-corrected chi connectivity index (χ1v) is 10.1. The largest absolute Gasteiger partial charge is 0.378 e. The molecule has 0 saturated heterocycles. The molecule has 0 saturated carbocycles. The number of primary amides is 1. The quantitative estimate of drug-likeness (QED) is 0.603. The predicted molar refractivity (Wildman–Crippen MR) is 111 cm³/mol. The number of aromatic nitrogens is 3. The molecule has 0 radical (unpaired) electrons. The Kier molecular flexibility index (Phi) is 7.86. The van der Waals surface area contributed by atoms with Crippen molar-refractivity contribution in [2.24, 2.45) is 5.73 Å². The smallest absolute Gasteiger partial charge is 0.233 e. The van der Waals surface area contributed by atoms with Crippen LogP contribution >= 0.6 is 11.8 Å². The van der Waals surface area contributed by atoms with Gasteiger partial charge in [0.05, 0.1) is 5.75 Å². The molecule has 0 spiro atoms. The number of hydrogen-bond acceptors (Lipinski definition) is 6. The average Bonchev–Trinajstić information content (AvgIpc) is 3.06. The minimum absolute atomic E-state index is 0.0195. The Balaban J connectivity index is 1.91. The van der Waals surface area contributed by atoms with E-state index in [9.17, 15) is 9.59 Å². The summed E-state index contributed by atoms with van der Waals surface area (Å²) in [7, 11) is 5.79. The molecule has 2 amide bonds. The third-order valence-electron chi connectivity index (χ3n) is 4.33. The third-order valence-corrected chi connectivity index (χ3v) is 5.28. The molecule has 0 bridgehead atoms. The van der Waals surface area contributed by atoms with Crippen LogP contribution in [-0.4, -0.2) is 58.4 Å². The molecule has 0 atom stereocenters. The van der Waals surface area contributed by atoms with Gasteiger partial charge in [-0.1, -0.05) is 23.9 Å². The van der Waals surface area contributed by atoms with Crippen molar-refractivity contribution in [3.05, 3.63) is 35.7 Å². The zero-order chi connectivity index (χ0) is 20.7. The molecule has 0 aliphatic rings. The van der Waals surface area contributed by atoms with Crippen LogP contribution in [0.2, 0.25) is 0 Å². The van der Waals surface area contributed by atoms with Crippen molar-refractivity contribution in [1.82, 2.24) is 19.7 Å². The van der Waals surface area contributed by atoms with E-state index in [1.54, 1.807) is 11.9 Å². The van der Waals surface area contributed by atoms with Gasteiger partial charge < -0.3 is 20.1 Å². The fourth-order valence-corrected chi connectivity index (χ4v) is 3.62. The number of rotatable bonds is 10. The predicted octanol–water partition coefficient (Wildman–Crippen LogP) is 1.53. The summed E-state index contributed by atoms with van der Waals surface area (Å²) in [5.74, 6) is 0.645. The molecular formula is C19H28N6O2S. The number of amides is 2. The zero-order valence-corrected chi connectivity index (χ0v) is 17.7. The van der Waals surface area contributed by atoms with Crippen LogP contribution in [0.25, 0.3) is 0 Å². The number of anilines is 1. The highest BCUT2D eigenvalue weighted by molar-refractivity contribution is 7.99. The number of carbonyl (C=O) groups excluding carboxylic acids is 2.